The van der Waals surface area contributed by atoms with Crippen LogP contribution >= 0.6 is 0 Å². The molecular formula is C8H10O. The maximum absolute atomic E-state index is 10.9. The second-order valence-corrected chi connectivity index (χ2v) is 2.26. The molecule has 0 N–H and O–H groups in total. The first-order chi connectivity index (χ1) is 4.25. The Morgan fingerprint density at radius 2 is 2.33 bits per heavy atom. The van der Waals surface area contributed by atoms with Gasteiger partial charge in [0, 0.05) is 11.5 Å². The van der Waals surface area contributed by atoms with Gasteiger partial charge in [0.25, 0.3) is 0 Å². The summed E-state index contributed by atoms with van der Waals surface area (Å²) in [6.45, 7) is 3.92. The molecule has 0 saturated heterocycles. The molecule has 0 bridgehead atoms. The fourth-order valence-corrected chi connectivity index (χ4v) is 1.06. The van der Waals surface area contributed by atoms with Crippen molar-refractivity contribution in [3.05, 3.63) is 23.8 Å². The van der Waals surface area contributed by atoms with Crippen molar-refractivity contribution in [1.29, 1.82) is 0 Å². The smallest absolute Gasteiger partial charge is 0.181 e. The number of carbonyl (C=O) groups excluding carboxylic acids is 1. The van der Waals surface area contributed by atoms with Gasteiger partial charge in [-0.05, 0) is 13.0 Å². The van der Waals surface area contributed by atoms with Crippen molar-refractivity contribution in [3.8, 4) is 0 Å². The Morgan fingerprint density at radius 1 is 1.67 bits per heavy atom. The van der Waals surface area contributed by atoms with Crippen LogP contribution in [0.3, 0.4) is 0 Å². The largest absolute Gasteiger partial charge is 0.290 e. The van der Waals surface area contributed by atoms with Crippen molar-refractivity contribution in [2.75, 3.05) is 0 Å². The zero-order valence-corrected chi connectivity index (χ0v) is 5.72. The van der Waals surface area contributed by atoms with E-state index in [9.17, 15) is 4.79 Å². The number of carbonyl (C=O) groups is 1. The van der Waals surface area contributed by atoms with E-state index in [0.29, 0.717) is 5.92 Å². The maximum Gasteiger partial charge on any atom is 0.181 e. The van der Waals surface area contributed by atoms with Crippen LogP contribution in [0.1, 0.15) is 13.8 Å². The fraction of sp³-hybridized carbons (Fsp3) is 0.375. The summed E-state index contributed by atoms with van der Waals surface area (Å²) in [7, 11) is 0. The maximum atomic E-state index is 10.9. The summed E-state index contributed by atoms with van der Waals surface area (Å²) in [4.78, 5) is 10.9. The van der Waals surface area contributed by atoms with E-state index >= 15 is 0 Å². The molecule has 0 heterocycles. The third-order valence-electron chi connectivity index (χ3n) is 1.62. The van der Waals surface area contributed by atoms with Gasteiger partial charge in [-0.25, -0.2) is 0 Å². The molecule has 0 aliphatic heterocycles. The molecule has 1 heteroatoms. The molecule has 0 amide bonds. The van der Waals surface area contributed by atoms with E-state index in [0.717, 1.165) is 5.57 Å². The lowest BCUT2D eigenvalue weighted by Gasteiger charge is -1.98. The van der Waals surface area contributed by atoms with Crippen molar-refractivity contribution >= 4 is 5.78 Å². The Balaban J connectivity index is 2.88. The average molecular weight is 122 g/mol. The van der Waals surface area contributed by atoms with E-state index < -0.39 is 0 Å². The molecule has 1 nitrogen and oxygen atoms in total. The lowest BCUT2D eigenvalue weighted by Crippen LogP contribution is -1.97. The van der Waals surface area contributed by atoms with Crippen LogP contribution < -0.4 is 0 Å². The van der Waals surface area contributed by atoms with Crippen molar-refractivity contribution in [2.24, 2.45) is 5.92 Å². The molecule has 1 unspecified atom stereocenters. The van der Waals surface area contributed by atoms with Gasteiger partial charge in [0.2, 0.25) is 0 Å². The highest BCUT2D eigenvalue weighted by Crippen LogP contribution is 2.19. The van der Waals surface area contributed by atoms with E-state index in [1.807, 2.05) is 26.0 Å². The minimum absolute atomic E-state index is 0.171. The van der Waals surface area contributed by atoms with Gasteiger partial charge in [0.1, 0.15) is 0 Å². The first-order valence-electron chi connectivity index (χ1n) is 3.14. The number of hydrogen-bond acceptors (Lipinski definition) is 1. The highest BCUT2D eigenvalue weighted by atomic mass is 16.1. The summed E-state index contributed by atoms with van der Waals surface area (Å²) >= 11 is 0. The van der Waals surface area contributed by atoms with Crippen LogP contribution in [-0.4, -0.2) is 5.78 Å². The molecule has 1 aliphatic rings. The summed E-state index contributed by atoms with van der Waals surface area (Å²) in [5.74, 6) is 0.507. The van der Waals surface area contributed by atoms with Gasteiger partial charge >= 0.3 is 0 Å². The normalized spacial score (nSPS) is 30.2. The predicted molar refractivity (Wildman–Crippen MR) is 37.1 cm³/mol. The summed E-state index contributed by atoms with van der Waals surface area (Å²) < 4.78 is 0. The number of allylic oxidation sites excluding steroid dienone is 4. The zero-order chi connectivity index (χ0) is 6.85. The molecule has 0 aromatic rings. The predicted octanol–water partition coefficient (Wildman–Crippen LogP) is 1.71. The van der Waals surface area contributed by atoms with E-state index in [2.05, 4.69) is 0 Å². The number of hydrogen-bond donors (Lipinski definition) is 0. The molecule has 1 atom stereocenters. The minimum atomic E-state index is 0.171. The summed E-state index contributed by atoms with van der Waals surface area (Å²) in [5.41, 5.74) is 0.926. The Hall–Kier alpha value is -0.850. The van der Waals surface area contributed by atoms with Crippen LogP contribution in [0.4, 0.5) is 0 Å². The minimum Gasteiger partial charge on any atom is -0.290 e. The molecule has 0 spiro atoms. The Morgan fingerprint density at radius 3 is 2.56 bits per heavy atom. The van der Waals surface area contributed by atoms with E-state index in [1.165, 1.54) is 0 Å². The SMILES string of the molecule is C/C=C1\C(=O)C=CC1C. The van der Waals surface area contributed by atoms with Gasteiger partial charge < -0.3 is 0 Å². The Bertz CT molecular complexity index is 187. The summed E-state index contributed by atoms with van der Waals surface area (Å²) in [6, 6.07) is 0. The van der Waals surface area contributed by atoms with Crippen molar-refractivity contribution in [3.63, 3.8) is 0 Å². The highest BCUT2D eigenvalue weighted by molar-refractivity contribution is 6.07. The van der Waals surface area contributed by atoms with Gasteiger partial charge in [-0.1, -0.05) is 19.1 Å². The molecule has 0 radical (unpaired) electrons. The first kappa shape index (κ1) is 6.27. The van der Waals surface area contributed by atoms with E-state index in [-0.39, 0.29) is 5.78 Å². The lowest BCUT2D eigenvalue weighted by molar-refractivity contribution is -0.111. The molecule has 9 heavy (non-hydrogen) atoms. The van der Waals surface area contributed by atoms with Crippen LogP contribution in [0.25, 0.3) is 0 Å². The lowest BCUT2D eigenvalue weighted by atomic mass is 10.1. The van der Waals surface area contributed by atoms with Gasteiger partial charge in [0.05, 0.1) is 0 Å². The first-order valence-corrected chi connectivity index (χ1v) is 3.14. The van der Waals surface area contributed by atoms with Crippen molar-refractivity contribution < 1.29 is 4.79 Å². The third-order valence-corrected chi connectivity index (χ3v) is 1.62. The molecule has 0 saturated carbocycles. The molecule has 0 fully saturated rings. The van der Waals surface area contributed by atoms with Crippen LogP contribution in [0.2, 0.25) is 0 Å². The quantitative estimate of drug-likeness (QED) is 0.447. The van der Waals surface area contributed by atoms with Gasteiger partial charge in [-0.3, -0.25) is 4.79 Å². The van der Waals surface area contributed by atoms with E-state index in [1.54, 1.807) is 6.08 Å². The van der Waals surface area contributed by atoms with Crippen molar-refractivity contribution in [2.45, 2.75) is 13.8 Å². The van der Waals surface area contributed by atoms with Crippen LogP contribution in [-0.2, 0) is 4.79 Å². The third kappa shape index (κ3) is 0.947. The summed E-state index contributed by atoms with van der Waals surface area (Å²) in [5, 5.41) is 0. The molecule has 1 rings (SSSR count). The van der Waals surface area contributed by atoms with Crippen molar-refractivity contribution in [1.82, 2.24) is 0 Å². The Labute approximate surface area is 55.1 Å². The molecule has 1 aliphatic carbocycles. The van der Waals surface area contributed by atoms with Crippen LogP contribution in [0, 0.1) is 5.92 Å². The van der Waals surface area contributed by atoms with Crippen LogP contribution in [0.15, 0.2) is 23.8 Å². The van der Waals surface area contributed by atoms with E-state index in [4.69, 9.17) is 0 Å². The number of rotatable bonds is 0. The highest BCUT2D eigenvalue weighted by Gasteiger charge is 2.16. The molecule has 0 aromatic heterocycles. The van der Waals surface area contributed by atoms with Gasteiger partial charge in [-0.2, -0.15) is 0 Å². The molecule has 48 valence electrons. The topological polar surface area (TPSA) is 17.1 Å². The van der Waals surface area contributed by atoms with Gasteiger partial charge in [-0.15, -0.1) is 0 Å². The monoisotopic (exact) mass is 122 g/mol. The average Bonchev–Trinajstić information content (AvgIpc) is 2.12. The second-order valence-electron chi connectivity index (χ2n) is 2.26. The zero-order valence-electron chi connectivity index (χ0n) is 5.72. The standard InChI is InChI=1S/C8H10O/c1-3-7-6(2)4-5-8(7)9/h3-6H,1-2H3/b7-3-. The second kappa shape index (κ2) is 2.18. The molecule has 0 aromatic carbocycles. The van der Waals surface area contributed by atoms with Gasteiger partial charge in [0.15, 0.2) is 5.78 Å². The Kier molecular flexibility index (Phi) is 1.52. The molecular weight excluding hydrogens is 112 g/mol. The van der Waals surface area contributed by atoms with Crippen LogP contribution in [0.5, 0.6) is 0 Å². The fourth-order valence-electron chi connectivity index (χ4n) is 1.06. The summed E-state index contributed by atoms with van der Waals surface area (Å²) in [6.07, 6.45) is 5.45. The number of ketones is 1.